The predicted octanol–water partition coefficient (Wildman–Crippen LogP) is 3.76. The van der Waals surface area contributed by atoms with Crippen molar-refractivity contribution >= 4 is 47.2 Å². The van der Waals surface area contributed by atoms with Crippen LogP contribution in [0.2, 0.25) is 5.02 Å². The molecule has 0 bridgehead atoms. The molecule has 3 rings (SSSR count). The van der Waals surface area contributed by atoms with Gasteiger partial charge in [0.05, 0.1) is 25.8 Å². The number of nitrogens with one attached hydrogen (secondary N) is 1. The van der Waals surface area contributed by atoms with Crippen LogP contribution >= 0.6 is 35.6 Å². The third-order valence-corrected chi connectivity index (χ3v) is 4.47. The van der Waals surface area contributed by atoms with Gasteiger partial charge >= 0.3 is 0 Å². The van der Waals surface area contributed by atoms with Crippen LogP contribution in [0.1, 0.15) is 11.6 Å². The Kier molecular flexibility index (Phi) is 8.64. The molecule has 2 aromatic carbocycles. The largest absolute Gasteiger partial charge is 0.379 e. The van der Waals surface area contributed by atoms with E-state index in [2.05, 4.69) is 27.3 Å². The third kappa shape index (κ3) is 6.12. The van der Waals surface area contributed by atoms with Crippen LogP contribution in [0.25, 0.3) is 0 Å². The quantitative estimate of drug-likeness (QED) is 0.384. The molecular formula is C19H24ClIN4O. The zero-order chi connectivity index (χ0) is 17.5. The van der Waals surface area contributed by atoms with Crippen molar-refractivity contribution in [1.29, 1.82) is 0 Å². The van der Waals surface area contributed by atoms with E-state index in [4.69, 9.17) is 22.1 Å². The number of ether oxygens (including phenoxy) is 1. The zero-order valence-electron chi connectivity index (χ0n) is 14.5. The van der Waals surface area contributed by atoms with Crippen molar-refractivity contribution in [2.75, 3.05) is 38.2 Å². The van der Waals surface area contributed by atoms with Gasteiger partial charge in [0.1, 0.15) is 0 Å². The van der Waals surface area contributed by atoms with Gasteiger partial charge in [0, 0.05) is 23.8 Å². The van der Waals surface area contributed by atoms with Crippen molar-refractivity contribution < 1.29 is 4.74 Å². The molecule has 7 heteroatoms. The first-order valence-electron chi connectivity index (χ1n) is 8.41. The number of benzene rings is 2. The van der Waals surface area contributed by atoms with E-state index in [1.807, 2.05) is 42.5 Å². The summed E-state index contributed by atoms with van der Waals surface area (Å²) in [5.41, 5.74) is 8.17. The molecule has 1 fully saturated rings. The molecule has 0 saturated carbocycles. The lowest BCUT2D eigenvalue weighted by molar-refractivity contribution is 0.0180. The summed E-state index contributed by atoms with van der Waals surface area (Å²) in [6, 6.07) is 17.9. The highest BCUT2D eigenvalue weighted by atomic mass is 127. The topological polar surface area (TPSA) is 62.9 Å². The highest BCUT2D eigenvalue weighted by Gasteiger charge is 2.22. The first kappa shape index (κ1) is 21.0. The normalized spacial score (nSPS) is 16.6. The van der Waals surface area contributed by atoms with E-state index in [9.17, 15) is 0 Å². The maximum absolute atomic E-state index is 6.06. The minimum absolute atomic E-state index is 0. The number of anilines is 1. The molecule has 1 unspecified atom stereocenters. The summed E-state index contributed by atoms with van der Waals surface area (Å²) in [5.74, 6) is 0.415. The predicted molar refractivity (Wildman–Crippen MR) is 119 cm³/mol. The molecule has 0 radical (unpaired) electrons. The van der Waals surface area contributed by atoms with E-state index in [-0.39, 0.29) is 30.0 Å². The Morgan fingerprint density at radius 2 is 1.77 bits per heavy atom. The minimum Gasteiger partial charge on any atom is -0.379 e. The lowest BCUT2D eigenvalue weighted by Gasteiger charge is -2.34. The molecule has 1 atom stereocenters. The number of rotatable bonds is 5. The molecule has 1 saturated heterocycles. The van der Waals surface area contributed by atoms with Gasteiger partial charge < -0.3 is 15.8 Å². The lowest BCUT2D eigenvalue weighted by Crippen LogP contribution is -2.40. The molecule has 140 valence electrons. The minimum atomic E-state index is 0. The molecule has 2 aromatic rings. The SMILES string of the molecule is I.NC(=NCC(c1ccc(Cl)cc1)N1CCOCC1)Nc1ccccc1. The standard InChI is InChI=1S/C19H23ClN4O.HI/c20-16-8-6-15(7-9-16)18(24-10-12-25-13-11-24)14-22-19(21)23-17-4-2-1-3-5-17;/h1-9,18H,10-14H2,(H3,21,22,23);1H. The fourth-order valence-electron chi connectivity index (χ4n) is 2.90. The molecule has 0 amide bonds. The molecule has 5 nitrogen and oxygen atoms in total. The van der Waals surface area contributed by atoms with Crippen LogP contribution in [0.3, 0.4) is 0 Å². The number of guanidine groups is 1. The number of hydrogen-bond acceptors (Lipinski definition) is 3. The van der Waals surface area contributed by atoms with Gasteiger partial charge in [-0.3, -0.25) is 9.89 Å². The maximum atomic E-state index is 6.06. The van der Waals surface area contributed by atoms with Gasteiger partial charge in [-0.2, -0.15) is 0 Å². The van der Waals surface area contributed by atoms with E-state index in [1.54, 1.807) is 0 Å². The average molecular weight is 487 g/mol. The van der Waals surface area contributed by atoms with Crippen molar-refractivity contribution in [2.45, 2.75) is 6.04 Å². The smallest absolute Gasteiger partial charge is 0.193 e. The monoisotopic (exact) mass is 486 g/mol. The van der Waals surface area contributed by atoms with Crippen molar-refractivity contribution in [3.8, 4) is 0 Å². The van der Waals surface area contributed by atoms with Gasteiger partial charge in [0.15, 0.2) is 5.96 Å². The number of halogens is 2. The fraction of sp³-hybridized carbons (Fsp3) is 0.316. The van der Waals surface area contributed by atoms with Gasteiger partial charge in [0.2, 0.25) is 0 Å². The third-order valence-electron chi connectivity index (χ3n) is 4.22. The van der Waals surface area contributed by atoms with Crippen molar-refractivity contribution in [3.05, 3.63) is 65.2 Å². The van der Waals surface area contributed by atoms with Crippen molar-refractivity contribution in [1.82, 2.24) is 4.90 Å². The Bertz CT molecular complexity index is 690. The number of hydrogen-bond donors (Lipinski definition) is 2. The second kappa shape index (κ2) is 10.7. The van der Waals surface area contributed by atoms with Gasteiger partial charge in [-0.15, -0.1) is 24.0 Å². The Balaban J connectivity index is 0.00000243. The molecule has 26 heavy (non-hydrogen) atoms. The highest BCUT2D eigenvalue weighted by molar-refractivity contribution is 14.0. The van der Waals surface area contributed by atoms with E-state index in [0.717, 1.165) is 37.0 Å². The Morgan fingerprint density at radius 1 is 1.12 bits per heavy atom. The summed E-state index contributed by atoms with van der Waals surface area (Å²) in [6.45, 7) is 3.83. The molecule has 0 aliphatic carbocycles. The van der Waals surface area contributed by atoms with E-state index in [1.165, 1.54) is 5.56 Å². The summed E-state index contributed by atoms with van der Waals surface area (Å²) in [6.07, 6.45) is 0. The van der Waals surface area contributed by atoms with E-state index in [0.29, 0.717) is 12.5 Å². The number of para-hydroxylation sites is 1. The maximum Gasteiger partial charge on any atom is 0.193 e. The summed E-state index contributed by atoms with van der Waals surface area (Å²) >= 11 is 6.03. The Labute approximate surface area is 176 Å². The first-order chi connectivity index (χ1) is 12.2. The molecule has 1 aliphatic heterocycles. The summed E-state index contributed by atoms with van der Waals surface area (Å²) < 4.78 is 5.47. The van der Waals surface area contributed by atoms with Crippen LogP contribution in [0.5, 0.6) is 0 Å². The summed E-state index contributed by atoms with van der Waals surface area (Å²) in [4.78, 5) is 6.94. The van der Waals surface area contributed by atoms with Crippen LogP contribution in [0.15, 0.2) is 59.6 Å². The molecular weight excluding hydrogens is 463 g/mol. The second-order valence-corrected chi connectivity index (χ2v) is 6.37. The average Bonchev–Trinajstić information content (AvgIpc) is 2.65. The number of morpholine rings is 1. The lowest BCUT2D eigenvalue weighted by atomic mass is 10.0. The van der Waals surface area contributed by atoms with E-state index < -0.39 is 0 Å². The molecule has 1 aliphatic rings. The highest BCUT2D eigenvalue weighted by Crippen LogP contribution is 2.24. The molecule has 0 spiro atoms. The fourth-order valence-corrected chi connectivity index (χ4v) is 3.03. The second-order valence-electron chi connectivity index (χ2n) is 5.93. The first-order valence-corrected chi connectivity index (χ1v) is 8.79. The van der Waals surface area contributed by atoms with Crippen LogP contribution in [0, 0.1) is 0 Å². The van der Waals surface area contributed by atoms with Crippen LogP contribution in [-0.4, -0.2) is 43.7 Å². The number of aliphatic imine (C=N–C) groups is 1. The molecule has 0 aromatic heterocycles. The van der Waals surface area contributed by atoms with Crippen LogP contribution in [-0.2, 0) is 4.74 Å². The Hall–Kier alpha value is -1.35. The van der Waals surface area contributed by atoms with Gasteiger partial charge in [-0.05, 0) is 29.8 Å². The van der Waals surface area contributed by atoms with Gasteiger partial charge in [-0.25, -0.2) is 0 Å². The molecule has 1 heterocycles. The zero-order valence-corrected chi connectivity index (χ0v) is 17.6. The molecule has 3 N–H and O–H groups in total. The number of nitrogens with zero attached hydrogens (tertiary/aromatic N) is 2. The summed E-state index contributed by atoms with van der Waals surface area (Å²) in [5, 5.41) is 3.86. The van der Waals surface area contributed by atoms with Crippen molar-refractivity contribution in [2.24, 2.45) is 10.7 Å². The van der Waals surface area contributed by atoms with Crippen LogP contribution in [0.4, 0.5) is 5.69 Å². The Morgan fingerprint density at radius 3 is 2.42 bits per heavy atom. The van der Waals surface area contributed by atoms with E-state index >= 15 is 0 Å². The number of nitrogens with two attached hydrogens (primary N) is 1. The van der Waals surface area contributed by atoms with Crippen LogP contribution < -0.4 is 11.1 Å². The summed E-state index contributed by atoms with van der Waals surface area (Å²) in [7, 11) is 0. The van der Waals surface area contributed by atoms with Gasteiger partial charge in [-0.1, -0.05) is 41.9 Å². The van der Waals surface area contributed by atoms with Crippen molar-refractivity contribution in [3.63, 3.8) is 0 Å². The van der Waals surface area contributed by atoms with Gasteiger partial charge in [0.25, 0.3) is 0 Å².